The van der Waals surface area contributed by atoms with Crippen molar-refractivity contribution in [1.29, 1.82) is 5.26 Å². The van der Waals surface area contributed by atoms with Crippen LogP contribution in [0.25, 0.3) is 10.9 Å². The third-order valence-electron chi connectivity index (χ3n) is 7.29. The summed E-state index contributed by atoms with van der Waals surface area (Å²) in [5.41, 5.74) is 2.98. The van der Waals surface area contributed by atoms with E-state index in [9.17, 15) is 10.4 Å². The fourth-order valence-corrected chi connectivity index (χ4v) is 5.22. The van der Waals surface area contributed by atoms with E-state index in [0.29, 0.717) is 33.3 Å². The van der Waals surface area contributed by atoms with Crippen LogP contribution in [0.4, 0.5) is 20.2 Å². The van der Waals surface area contributed by atoms with E-state index in [2.05, 4.69) is 25.9 Å². The molecule has 1 aliphatic rings. The van der Waals surface area contributed by atoms with Crippen LogP contribution >= 0.6 is 11.6 Å². The normalized spacial score (nSPS) is 14.7. The summed E-state index contributed by atoms with van der Waals surface area (Å²) >= 11 is 6.59. The Balaban J connectivity index is 1.46. The van der Waals surface area contributed by atoms with E-state index in [1.165, 1.54) is 18.3 Å². The quantitative estimate of drug-likeness (QED) is 0.168. The largest absolute Gasteiger partial charge is 0.390 e. The van der Waals surface area contributed by atoms with E-state index in [4.69, 9.17) is 11.6 Å². The molecule has 212 valence electrons. The average Bonchev–Trinajstić information content (AvgIpc) is 3.75. The van der Waals surface area contributed by atoms with Gasteiger partial charge in [0.2, 0.25) is 0 Å². The van der Waals surface area contributed by atoms with Crippen LogP contribution < -0.4 is 10.6 Å². The van der Waals surface area contributed by atoms with Crippen molar-refractivity contribution in [3.63, 3.8) is 0 Å². The second kappa shape index (κ2) is 11.4. The molecule has 0 saturated heterocycles. The fraction of sp³-hybridized carbons (Fsp3) is 0.226. The number of hydrogen-bond acceptors (Lipinski definition) is 7. The van der Waals surface area contributed by atoms with Crippen LogP contribution in [-0.4, -0.2) is 37.6 Å². The molecule has 8 nitrogen and oxygen atoms in total. The smallest absolute Gasteiger partial charge is 0.294 e. The maximum absolute atomic E-state index is 15.1. The van der Waals surface area contributed by atoms with Crippen molar-refractivity contribution in [3.05, 3.63) is 113 Å². The zero-order valence-electron chi connectivity index (χ0n) is 22.3. The zero-order chi connectivity index (χ0) is 29.3. The second-order valence-corrected chi connectivity index (χ2v) is 10.7. The van der Waals surface area contributed by atoms with Gasteiger partial charge < -0.3 is 15.7 Å². The van der Waals surface area contributed by atoms with Crippen molar-refractivity contribution < 1.29 is 13.9 Å². The number of aliphatic hydroxyl groups excluding tert-OH is 1. The minimum atomic E-state index is -3.55. The van der Waals surface area contributed by atoms with Gasteiger partial charge in [-0.1, -0.05) is 77.5 Å². The summed E-state index contributed by atoms with van der Waals surface area (Å²) in [5, 5.41) is 35.3. The first-order chi connectivity index (χ1) is 20.4. The maximum atomic E-state index is 15.1. The Morgan fingerprint density at radius 2 is 1.74 bits per heavy atom. The highest BCUT2D eigenvalue weighted by Crippen LogP contribution is 2.41. The highest BCUT2D eigenvalue weighted by atomic mass is 35.5. The lowest BCUT2D eigenvalue weighted by atomic mass is 9.98. The van der Waals surface area contributed by atoms with Crippen LogP contribution in [0.1, 0.15) is 53.4 Å². The lowest BCUT2D eigenvalue weighted by Crippen LogP contribution is -2.35. The molecule has 2 atom stereocenters. The summed E-state index contributed by atoms with van der Waals surface area (Å²) < 4.78 is 32.1. The molecule has 0 aliphatic heterocycles. The Hall–Kier alpha value is -4.59. The van der Waals surface area contributed by atoms with Gasteiger partial charge in [0, 0.05) is 16.6 Å². The van der Waals surface area contributed by atoms with Gasteiger partial charge in [0.25, 0.3) is 5.92 Å². The lowest BCUT2D eigenvalue weighted by Gasteiger charge is -2.29. The molecule has 11 heteroatoms. The number of nitrogens with one attached hydrogen (secondary N) is 2. The zero-order valence-corrected chi connectivity index (χ0v) is 23.0. The summed E-state index contributed by atoms with van der Waals surface area (Å²) in [4.78, 5) is 4.54. The molecule has 3 N–H and O–H groups in total. The number of rotatable bonds is 10. The van der Waals surface area contributed by atoms with Gasteiger partial charge in [-0.3, -0.25) is 4.98 Å². The van der Waals surface area contributed by atoms with E-state index in [0.717, 1.165) is 18.4 Å². The first kappa shape index (κ1) is 27.6. The number of fused-ring (bicyclic) bond motifs is 1. The fourth-order valence-electron chi connectivity index (χ4n) is 5.00. The Morgan fingerprint density at radius 1 is 1.05 bits per heavy atom. The molecule has 6 rings (SSSR count). The van der Waals surface area contributed by atoms with Crippen molar-refractivity contribution >= 4 is 33.9 Å². The van der Waals surface area contributed by atoms with Gasteiger partial charge in [-0.25, -0.2) is 13.5 Å². The van der Waals surface area contributed by atoms with Crippen molar-refractivity contribution in [2.75, 3.05) is 17.2 Å². The van der Waals surface area contributed by atoms with Crippen LogP contribution in [0.2, 0.25) is 5.02 Å². The van der Waals surface area contributed by atoms with E-state index < -0.39 is 24.6 Å². The van der Waals surface area contributed by atoms with Gasteiger partial charge in [-0.05, 0) is 36.1 Å². The summed E-state index contributed by atoms with van der Waals surface area (Å²) in [6.07, 6.45) is 5.38. The Morgan fingerprint density at radius 3 is 2.38 bits per heavy atom. The van der Waals surface area contributed by atoms with Gasteiger partial charge in [0.15, 0.2) is 0 Å². The van der Waals surface area contributed by atoms with E-state index in [1.807, 2.05) is 47.3 Å². The Bertz CT molecular complexity index is 1750. The molecule has 0 radical (unpaired) electrons. The molecule has 1 aliphatic carbocycles. The minimum absolute atomic E-state index is 0.0531. The number of anilines is 2. The van der Waals surface area contributed by atoms with E-state index >= 15 is 8.78 Å². The van der Waals surface area contributed by atoms with Gasteiger partial charge in [-0.2, -0.15) is 5.26 Å². The Labute approximate surface area is 245 Å². The van der Waals surface area contributed by atoms with Crippen LogP contribution in [-0.2, 0) is 0 Å². The molecule has 2 heterocycles. The van der Waals surface area contributed by atoms with Crippen LogP contribution in [0.3, 0.4) is 0 Å². The minimum Gasteiger partial charge on any atom is -0.390 e. The number of hydrogen-bond donors (Lipinski definition) is 3. The van der Waals surface area contributed by atoms with E-state index in [1.54, 1.807) is 30.3 Å². The van der Waals surface area contributed by atoms with Crippen LogP contribution in [0.5, 0.6) is 0 Å². The third kappa shape index (κ3) is 5.49. The summed E-state index contributed by atoms with van der Waals surface area (Å²) in [6, 6.07) is 21.4. The van der Waals surface area contributed by atoms with Crippen LogP contribution in [0, 0.1) is 11.3 Å². The van der Waals surface area contributed by atoms with Gasteiger partial charge in [-0.15, -0.1) is 5.10 Å². The summed E-state index contributed by atoms with van der Waals surface area (Å²) in [6.45, 7) is -1.39. The molecular formula is C31H26ClF2N7O. The highest BCUT2D eigenvalue weighted by Gasteiger charge is 2.41. The number of aliphatic hydroxyl groups is 1. The van der Waals surface area contributed by atoms with Gasteiger partial charge in [0.1, 0.15) is 24.4 Å². The standard InChI is InChI=1S/C31H26ClF2N7O/c32-22-13-24-27(38-30(31(33,34)18-42)20-9-5-2-6-10-20)21(15-35)16-36-29(24)25(14-22)37-28(19-7-3-1-4-8-19)26-17-41(40-39-26)23-11-12-23/h1-10,13-14,16-17,23,28,30,37,42H,11-12,18H2,(H,36,38)/t28-,30-/m0/s1. The predicted octanol–water partition coefficient (Wildman–Crippen LogP) is 6.67. The molecule has 0 bridgehead atoms. The van der Waals surface area contributed by atoms with Gasteiger partial charge >= 0.3 is 0 Å². The number of aromatic nitrogens is 4. The molecular weight excluding hydrogens is 560 g/mol. The first-order valence-electron chi connectivity index (χ1n) is 13.4. The molecule has 0 spiro atoms. The average molecular weight is 586 g/mol. The SMILES string of the molecule is N#Cc1cnc2c(N[C@@H](c3ccccc3)c3cn(C4CC4)nn3)cc(Cl)cc2c1N[C@@H](c1ccccc1)C(F)(F)CO. The second-order valence-electron chi connectivity index (χ2n) is 10.3. The predicted molar refractivity (Wildman–Crippen MR) is 157 cm³/mol. The van der Waals surface area contributed by atoms with Crippen molar-refractivity contribution in [2.45, 2.75) is 36.9 Å². The number of halogens is 3. The molecule has 1 saturated carbocycles. The maximum Gasteiger partial charge on any atom is 0.294 e. The van der Waals surface area contributed by atoms with Crippen molar-refractivity contribution in [3.8, 4) is 6.07 Å². The van der Waals surface area contributed by atoms with E-state index in [-0.39, 0.29) is 16.8 Å². The third-order valence-corrected chi connectivity index (χ3v) is 7.51. The first-order valence-corrected chi connectivity index (χ1v) is 13.8. The molecule has 1 fully saturated rings. The molecule has 0 amide bonds. The summed E-state index contributed by atoms with van der Waals surface area (Å²) in [7, 11) is 0. The summed E-state index contributed by atoms with van der Waals surface area (Å²) in [5.74, 6) is -3.55. The molecule has 3 aromatic carbocycles. The van der Waals surface area contributed by atoms with Crippen molar-refractivity contribution in [1.82, 2.24) is 20.0 Å². The monoisotopic (exact) mass is 585 g/mol. The number of alkyl halides is 2. The van der Waals surface area contributed by atoms with Crippen molar-refractivity contribution in [2.24, 2.45) is 0 Å². The molecule has 5 aromatic rings. The number of pyridine rings is 1. The number of nitriles is 1. The molecule has 0 unspecified atom stereocenters. The Kier molecular flexibility index (Phi) is 7.45. The molecule has 42 heavy (non-hydrogen) atoms. The van der Waals surface area contributed by atoms with Crippen LogP contribution in [0.15, 0.2) is 85.2 Å². The lowest BCUT2D eigenvalue weighted by molar-refractivity contribution is -0.0657. The molecule has 2 aromatic heterocycles. The number of benzene rings is 3. The topological polar surface area (TPSA) is 112 Å². The number of nitrogens with zero attached hydrogens (tertiary/aromatic N) is 5. The highest BCUT2D eigenvalue weighted by molar-refractivity contribution is 6.32. The van der Waals surface area contributed by atoms with Gasteiger partial charge in [0.05, 0.1) is 40.7 Å².